The Balaban J connectivity index is 1.68. The van der Waals surface area contributed by atoms with Crippen molar-refractivity contribution in [2.75, 3.05) is 25.5 Å². The highest BCUT2D eigenvalue weighted by atomic mass is 35.5. The van der Waals surface area contributed by atoms with E-state index in [1.807, 2.05) is 0 Å². The third-order valence-corrected chi connectivity index (χ3v) is 6.20. The molecule has 1 unspecified atom stereocenters. The predicted molar refractivity (Wildman–Crippen MR) is 104 cm³/mol. The van der Waals surface area contributed by atoms with Gasteiger partial charge >= 0.3 is 0 Å². The molecule has 0 aliphatic carbocycles. The lowest BCUT2D eigenvalue weighted by Gasteiger charge is -2.38. The first-order chi connectivity index (χ1) is 13.7. The van der Waals surface area contributed by atoms with Gasteiger partial charge in [-0.1, -0.05) is 11.6 Å². The lowest BCUT2D eigenvalue weighted by molar-refractivity contribution is -0.113. The summed E-state index contributed by atoms with van der Waals surface area (Å²) in [7, 11) is 1.43. The van der Waals surface area contributed by atoms with Gasteiger partial charge in [-0.25, -0.2) is 8.78 Å². The summed E-state index contributed by atoms with van der Waals surface area (Å²) in [5, 5.41) is 3.39. The molecule has 2 amide bonds. The molecule has 4 rings (SSSR count). The summed E-state index contributed by atoms with van der Waals surface area (Å²) in [5.74, 6) is -3.61. The van der Waals surface area contributed by atoms with Gasteiger partial charge in [-0.05, 0) is 25.1 Å². The van der Waals surface area contributed by atoms with Crippen molar-refractivity contribution in [2.24, 2.45) is 0 Å². The first-order valence-electron chi connectivity index (χ1n) is 8.79. The highest BCUT2D eigenvalue weighted by Crippen LogP contribution is 2.45. The number of nitrogens with one attached hydrogen (secondary N) is 1. The largest absolute Gasteiger partial charge is 0.496 e. The van der Waals surface area contributed by atoms with Gasteiger partial charge in [-0.15, -0.1) is 11.3 Å². The van der Waals surface area contributed by atoms with Crippen molar-refractivity contribution in [3.8, 4) is 5.75 Å². The molecule has 2 aromatic rings. The van der Waals surface area contributed by atoms with Crippen LogP contribution in [0.1, 0.15) is 44.2 Å². The Morgan fingerprint density at radius 3 is 2.76 bits per heavy atom. The fourth-order valence-corrected chi connectivity index (χ4v) is 4.82. The molecule has 6 nitrogen and oxygen atoms in total. The van der Waals surface area contributed by atoms with Crippen molar-refractivity contribution < 1.29 is 27.8 Å². The number of anilines is 1. The average Bonchev–Trinajstić information content (AvgIpc) is 3.18. The minimum Gasteiger partial charge on any atom is -0.496 e. The highest BCUT2D eigenvalue weighted by Gasteiger charge is 2.48. The minimum atomic E-state index is -2.88. The van der Waals surface area contributed by atoms with E-state index in [0.717, 1.165) is 9.78 Å². The number of nitrogens with zero attached hydrogens (tertiary/aromatic N) is 1. The van der Waals surface area contributed by atoms with Crippen LogP contribution in [0.25, 0.3) is 0 Å². The molecule has 29 heavy (non-hydrogen) atoms. The lowest BCUT2D eigenvalue weighted by Crippen LogP contribution is -2.58. The molecule has 1 atom stereocenters. The zero-order valence-corrected chi connectivity index (χ0v) is 17.1. The number of rotatable bonds is 4. The number of halogens is 3. The molecule has 1 aromatic heterocycles. The van der Waals surface area contributed by atoms with E-state index >= 15 is 0 Å². The van der Waals surface area contributed by atoms with Crippen LogP contribution in [0.5, 0.6) is 5.75 Å². The second-order valence-corrected chi connectivity index (χ2v) is 8.45. The molecular formula is C19H17ClF2N2O4S. The fourth-order valence-electron chi connectivity index (χ4n) is 3.45. The second kappa shape index (κ2) is 7.23. The normalized spacial score (nSPS) is 19.5. The number of carbonyl (C=O) groups is 2. The zero-order valence-electron chi connectivity index (χ0n) is 15.6. The van der Waals surface area contributed by atoms with Crippen molar-refractivity contribution in [2.45, 2.75) is 25.6 Å². The molecule has 0 radical (unpaired) electrons. The predicted octanol–water partition coefficient (Wildman–Crippen LogP) is 4.34. The molecule has 154 valence electrons. The van der Waals surface area contributed by atoms with Crippen LogP contribution >= 0.6 is 22.9 Å². The van der Waals surface area contributed by atoms with E-state index < -0.39 is 30.8 Å². The summed E-state index contributed by atoms with van der Waals surface area (Å²) in [6, 6.07) is 4.62. The lowest BCUT2D eigenvalue weighted by atomic mass is 10.0. The summed E-state index contributed by atoms with van der Waals surface area (Å²) in [6.45, 7) is 0.808. The van der Waals surface area contributed by atoms with Gasteiger partial charge in [0, 0.05) is 15.5 Å². The Morgan fingerprint density at radius 2 is 2.10 bits per heavy atom. The molecule has 1 aromatic carbocycles. The van der Waals surface area contributed by atoms with Crippen molar-refractivity contribution >= 4 is 39.8 Å². The van der Waals surface area contributed by atoms with Gasteiger partial charge in [0.25, 0.3) is 17.7 Å². The molecule has 3 heterocycles. The van der Waals surface area contributed by atoms with Gasteiger partial charge in [0.15, 0.2) is 0 Å². The summed E-state index contributed by atoms with van der Waals surface area (Å²) < 4.78 is 37.3. The van der Waals surface area contributed by atoms with E-state index in [1.54, 1.807) is 19.1 Å². The number of carbonyl (C=O) groups excluding carboxylic acids is 2. The van der Waals surface area contributed by atoms with Crippen LogP contribution in [-0.2, 0) is 11.3 Å². The van der Waals surface area contributed by atoms with Gasteiger partial charge in [0.05, 0.1) is 44.0 Å². The quantitative estimate of drug-likeness (QED) is 0.764. The van der Waals surface area contributed by atoms with Gasteiger partial charge in [0.1, 0.15) is 10.8 Å². The SMILES string of the molecule is COc1ccc(Cl)cc1C(=O)Nc1sc2c(c1C(=O)N1CC(F)(F)C1)C(C)OC2. The number of amides is 2. The van der Waals surface area contributed by atoms with Crippen LogP contribution < -0.4 is 10.1 Å². The Labute approximate surface area is 174 Å². The molecule has 2 aliphatic rings. The van der Waals surface area contributed by atoms with E-state index in [0.29, 0.717) is 27.9 Å². The van der Waals surface area contributed by atoms with Crippen molar-refractivity contribution in [1.29, 1.82) is 0 Å². The molecule has 2 aliphatic heterocycles. The molecular weight excluding hydrogens is 426 g/mol. The van der Waals surface area contributed by atoms with E-state index in [2.05, 4.69) is 5.32 Å². The topological polar surface area (TPSA) is 67.9 Å². The second-order valence-electron chi connectivity index (χ2n) is 6.91. The van der Waals surface area contributed by atoms with Gasteiger partial charge < -0.3 is 19.7 Å². The number of alkyl halides is 2. The first kappa shape index (κ1) is 20.1. The molecule has 0 saturated carbocycles. The molecule has 1 fully saturated rings. The Morgan fingerprint density at radius 1 is 1.38 bits per heavy atom. The maximum Gasteiger partial charge on any atom is 0.282 e. The molecule has 1 saturated heterocycles. The van der Waals surface area contributed by atoms with Crippen LogP contribution in [0, 0.1) is 0 Å². The number of fused-ring (bicyclic) bond motifs is 1. The standard InChI is InChI=1S/C19H17ClF2N2O4S/c1-9-14-13(6-28-9)29-17(15(14)18(26)24-7-19(21,22)8-24)23-16(25)11-5-10(20)3-4-12(11)27-2/h3-5,9H,6-8H2,1-2H3,(H,23,25). The highest BCUT2D eigenvalue weighted by molar-refractivity contribution is 7.17. The summed E-state index contributed by atoms with van der Waals surface area (Å²) in [6.07, 6.45) is -0.367. The van der Waals surface area contributed by atoms with E-state index in [-0.39, 0.29) is 17.2 Å². The van der Waals surface area contributed by atoms with Crippen molar-refractivity contribution in [3.05, 3.63) is 44.8 Å². The zero-order chi connectivity index (χ0) is 20.9. The number of ether oxygens (including phenoxy) is 2. The third-order valence-electron chi connectivity index (χ3n) is 4.87. The smallest absolute Gasteiger partial charge is 0.282 e. The number of likely N-dealkylation sites (tertiary alicyclic amines) is 1. The van der Waals surface area contributed by atoms with Crippen LogP contribution in [0.15, 0.2) is 18.2 Å². The number of benzene rings is 1. The van der Waals surface area contributed by atoms with E-state index in [1.165, 1.54) is 24.5 Å². The minimum absolute atomic E-state index is 0.201. The van der Waals surface area contributed by atoms with Gasteiger partial charge in [-0.3, -0.25) is 9.59 Å². The Kier molecular flexibility index (Phi) is 5.00. The van der Waals surface area contributed by atoms with E-state index in [4.69, 9.17) is 21.1 Å². The third kappa shape index (κ3) is 3.58. The van der Waals surface area contributed by atoms with Crippen LogP contribution in [0.2, 0.25) is 5.02 Å². The molecule has 0 spiro atoms. The molecule has 10 heteroatoms. The maximum atomic E-state index is 13.3. The van der Waals surface area contributed by atoms with E-state index in [9.17, 15) is 18.4 Å². The average molecular weight is 443 g/mol. The number of methoxy groups -OCH3 is 1. The van der Waals surface area contributed by atoms with Crippen LogP contribution in [0.3, 0.4) is 0 Å². The monoisotopic (exact) mass is 442 g/mol. The summed E-state index contributed by atoms with van der Waals surface area (Å²) >= 11 is 7.20. The summed E-state index contributed by atoms with van der Waals surface area (Å²) in [4.78, 5) is 27.7. The van der Waals surface area contributed by atoms with Gasteiger partial charge in [-0.2, -0.15) is 0 Å². The molecule has 0 bridgehead atoms. The van der Waals surface area contributed by atoms with Crippen molar-refractivity contribution in [1.82, 2.24) is 4.90 Å². The van der Waals surface area contributed by atoms with Crippen LogP contribution in [0.4, 0.5) is 13.8 Å². The number of hydrogen-bond acceptors (Lipinski definition) is 5. The summed E-state index contributed by atoms with van der Waals surface area (Å²) in [5.41, 5.74) is 1.05. The number of thiophene rings is 1. The van der Waals surface area contributed by atoms with Gasteiger partial charge in [0.2, 0.25) is 0 Å². The molecule has 1 N–H and O–H groups in total. The Hall–Kier alpha value is -2.23. The van der Waals surface area contributed by atoms with Crippen LogP contribution in [-0.4, -0.2) is 42.8 Å². The first-order valence-corrected chi connectivity index (χ1v) is 9.99. The maximum absolute atomic E-state index is 13.3. The number of hydrogen-bond donors (Lipinski definition) is 1. The van der Waals surface area contributed by atoms with Crippen molar-refractivity contribution in [3.63, 3.8) is 0 Å². The fraction of sp³-hybridized carbons (Fsp3) is 0.368. The Bertz CT molecular complexity index is 1000.